The minimum Gasteiger partial charge on any atom is -0.388 e. The summed E-state index contributed by atoms with van der Waals surface area (Å²) in [6.07, 6.45) is 6.72. The first kappa shape index (κ1) is 14.6. The molecule has 1 N–H and O–H groups in total. The molecule has 0 bridgehead atoms. The minimum atomic E-state index is -0.256. The molecular formula is C18H28O. The number of rotatable bonds is 4. The Morgan fingerprint density at radius 3 is 2.37 bits per heavy atom. The third kappa shape index (κ3) is 3.39. The van der Waals surface area contributed by atoms with Crippen molar-refractivity contribution < 1.29 is 5.11 Å². The molecule has 1 fully saturated rings. The first-order valence-electron chi connectivity index (χ1n) is 7.95. The van der Waals surface area contributed by atoms with Gasteiger partial charge < -0.3 is 5.11 Å². The maximum absolute atomic E-state index is 10.8. The molecule has 106 valence electrons. The largest absolute Gasteiger partial charge is 0.388 e. The van der Waals surface area contributed by atoms with Crippen LogP contribution >= 0.6 is 0 Å². The monoisotopic (exact) mass is 260 g/mol. The van der Waals surface area contributed by atoms with Crippen molar-refractivity contribution in [2.24, 2.45) is 11.8 Å². The molecule has 1 heteroatoms. The van der Waals surface area contributed by atoms with Crippen LogP contribution in [0.25, 0.3) is 0 Å². The van der Waals surface area contributed by atoms with E-state index < -0.39 is 0 Å². The van der Waals surface area contributed by atoms with Crippen molar-refractivity contribution in [1.82, 2.24) is 0 Å². The highest BCUT2D eigenvalue weighted by Crippen LogP contribution is 2.38. The number of aryl methyl sites for hydroxylation is 2. The number of hydrogen-bond acceptors (Lipinski definition) is 1. The molecular weight excluding hydrogens is 232 g/mol. The molecule has 1 aliphatic rings. The van der Waals surface area contributed by atoms with E-state index in [9.17, 15) is 5.11 Å². The number of hydrogen-bond donors (Lipinski definition) is 1. The van der Waals surface area contributed by atoms with E-state index in [1.807, 2.05) is 0 Å². The fourth-order valence-electron chi connectivity index (χ4n) is 3.32. The van der Waals surface area contributed by atoms with Gasteiger partial charge in [-0.05, 0) is 54.2 Å². The maximum Gasteiger partial charge on any atom is 0.0820 e. The van der Waals surface area contributed by atoms with Gasteiger partial charge in [0.05, 0.1) is 6.10 Å². The van der Waals surface area contributed by atoms with Gasteiger partial charge in [-0.3, -0.25) is 0 Å². The zero-order valence-electron chi connectivity index (χ0n) is 12.7. The molecule has 1 unspecified atom stereocenters. The second-order valence-electron chi connectivity index (χ2n) is 6.21. The Bertz CT molecular complexity index is 402. The van der Waals surface area contributed by atoms with Crippen molar-refractivity contribution in [2.75, 3.05) is 0 Å². The highest BCUT2D eigenvalue weighted by Gasteiger charge is 2.26. The van der Waals surface area contributed by atoms with Crippen molar-refractivity contribution >= 4 is 0 Å². The summed E-state index contributed by atoms with van der Waals surface area (Å²) >= 11 is 0. The Kier molecular flexibility index (Phi) is 5.04. The van der Waals surface area contributed by atoms with Gasteiger partial charge >= 0.3 is 0 Å². The molecule has 2 rings (SSSR count). The lowest BCUT2D eigenvalue weighted by Crippen LogP contribution is -2.20. The first-order valence-corrected chi connectivity index (χ1v) is 7.95. The maximum atomic E-state index is 10.8. The van der Waals surface area contributed by atoms with Crippen LogP contribution in [0.4, 0.5) is 0 Å². The molecule has 1 nitrogen and oxygen atoms in total. The lowest BCUT2D eigenvalue weighted by atomic mass is 9.77. The van der Waals surface area contributed by atoms with Crippen LogP contribution in [0.5, 0.6) is 0 Å². The number of aliphatic hydroxyl groups is 1. The summed E-state index contributed by atoms with van der Waals surface area (Å²) in [6.45, 7) is 6.69. The quantitative estimate of drug-likeness (QED) is 0.834. The van der Waals surface area contributed by atoms with Crippen LogP contribution in [0, 0.1) is 11.8 Å². The minimum absolute atomic E-state index is 0.256. The Balaban J connectivity index is 2.19. The Morgan fingerprint density at radius 2 is 1.79 bits per heavy atom. The van der Waals surface area contributed by atoms with E-state index in [-0.39, 0.29) is 6.10 Å². The summed E-state index contributed by atoms with van der Waals surface area (Å²) in [6, 6.07) is 6.66. The Morgan fingerprint density at radius 1 is 1.11 bits per heavy atom. The fraction of sp³-hybridized carbons (Fsp3) is 0.667. The number of benzene rings is 1. The summed E-state index contributed by atoms with van der Waals surface area (Å²) in [5.41, 5.74) is 3.86. The zero-order valence-corrected chi connectivity index (χ0v) is 12.7. The van der Waals surface area contributed by atoms with E-state index in [0.717, 1.165) is 18.8 Å². The lowest BCUT2D eigenvalue weighted by Gasteiger charge is -2.31. The molecule has 0 aromatic heterocycles. The first-order chi connectivity index (χ1) is 9.15. The third-order valence-electron chi connectivity index (χ3n) is 4.83. The van der Waals surface area contributed by atoms with Crippen molar-refractivity contribution in [3.05, 3.63) is 34.9 Å². The molecule has 1 aliphatic carbocycles. The summed E-state index contributed by atoms with van der Waals surface area (Å²) in [7, 11) is 0. The molecule has 1 aromatic carbocycles. The van der Waals surface area contributed by atoms with Gasteiger partial charge in [-0.1, -0.05) is 51.8 Å². The smallest absolute Gasteiger partial charge is 0.0820 e. The van der Waals surface area contributed by atoms with Crippen LogP contribution in [0.1, 0.15) is 69.2 Å². The van der Waals surface area contributed by atoms with E-state index in [1.54, 1.807) is 0 Å². The standard InChI is InChI=1S/C18H28O/c1-4-14-8-11-15(5-2)17(12-14)18(19)16-9-6-13(3)7-10-16/h8,11-13,16,18-19H,4-7,9-10H2,1-3H3. The second kappa shape index (κ2) is 6.56. The van der Waals surface area contributed by atoms with Crippen LogP contribution < -0.4 is 0 Å². The van der Waals surface area contributed by atoms with E-state index in [0.29, 0.717) is 5.92 Å². The molecule has 0 amide bonds. The van der Waals surface area contributed by atoms with Crippen LogP contribution in [0.3, 0.4) is 0 Å². The SMILES string of the molecule is CCc1ccc(CC)c(C(O)C2CCC(C)CC2)c1. The topological polar surface area (TPSA) is 20.2 Å². The highest BCUT2D eigenvalue weighted by atomic mass is 16.3. The van der Waals surface area contributed by atoms with Gasteiger partial charge in [0.2, 0.25) is 0 Å². The molecule has 0 radical (unpaired) electrons. The molecule has 0 saturated heterocycles. The molecule has 0 heterocycles. The molecule has 1 atom stereocenters. The molecule has 1 saturated carbocycles. The van der Waals surface area contributed by atoms with E-state index >= 15 is 0 Å². The van der Waals surface area contributed by atoms with Gasteiger partial charge in [0.25, 0.3) is 0 Å². The average Bonchev–Trinajstić information content (AvgIpc) is 2.46. The predicted molar refractivity (Wildman–Crippen MR) is 81.3 cm³/mol. The van der Waals surface area contributed by atoms with Gasteiger partial charge in [0, 0.05) is 0 Å². The second-order valence-corrected chi connectivity index (χ2v) is 6.21. The van der Waals surface area contributed by atoms with Gasteiger partial charge in [-0.15, -0.1) is 0 Å². The number of aliphatic hydroxyl groups excluding tert-OH is 1. The van der Waals surface area contributed by atoms with E-state index in [1.165, 1.54) is 42.4 Å². The molecule has 1 aromatic rings. The van der Waals surface area contributed by atoms with Crippen LogP contribution in [-0.4, -0.2) is 5.11 Å². The summed E-state index contributed by atoms with van der Waals surface area (Å²) < 4.78 is 0. The Labute approximate surface area is 118 Å². The molecule has 19 heavy (non-hydrogen) atoms. The van der Waals surface area contributed by atoms with Gasteiger partial charge in [-0.2, -0.15) is 0 Å². The fourth-order valence-corrected chi connectivity index (χ4v) is 3.32. The van der Waals surface area contributed by atoms with Crippen molar-refractivity contribution in [1.29, 1.82) is 0 Å². The van der Waals surface area contributed by atoms with E-state index in [4.69, 9.17) is 0 Å². The third-order valence-corrected chi connectivity index (χ3v) is 4.83. The van der Waals surface area contributed by atoms with Crippen molar-refractivity contribution in [3.8, 4) is 0 Å². The van der Waals surface area contributed by atoms with Crippen LogP contribution in [0.2, 0.25) is 0 Å². The predicted octanol–water partition coefficient (Wildman–Crippen LogP) is 4.67. The molecule has 0 spiro atoms. The summed E-state index contributed by atoms with van der Waals surface area (Å²) in [4.78, 5) is 0. The summed E-state index contributed by atoms with van der Waals surface area (Å²) in [5, 5.41) is 10.8. The van der Waals surface area contributed by atoms with Crippen molar-refractivity contribution in [3.63, 3.8) is 0 Å². The van der Waals surface area contributed by atoms with Gasteiger partial charge in [0.15, 0.2) is 0 Å². The zero-order chi connectivity index (χ0) is 13.8. The van der Waals surface area contributed by atoms with Gasteiger partial charge in [-0.25, -0.2) is 0 Å². The Hall–Kier alpha value is -0.820. The molecule has 0 aliphatic heterocycles. The summed E-state index contributed by atoms with van der Waals surface area (Å²) in [5.74, 6) is 1.31. The lowest BCUT2D eigenvalue weighted by molar-refractivity contribution is 0.0748. The van der Waals surface area contributed by atoms with Crippen LogP contribution in [0.15, 0.2) is 18.2 Å². The normalized spacial score (nSPS) is 25.3. The van der Waals surface area contributed by atoms with Crippen molar-refractivity contribution in [2.45, 2.75) is 65.4 Å². The van der Waals surface area contributed by atoms with Gasteiger partial charge in [0.1, 0.15) is 0 Å². The average molecular weight is 260 g/mol. The highest BCUT2D eigenvalue weighted by molar-refractivity contribution is 5.34. The van der Waals surface area contributed by atoms with Crippen LogP contribution in [-0.2, 0) is 12.8 Å². The van der Waals surface area contributed by atoms with E-state index in [2.05, 4.69) is 39.0 Å².